The summed E-state index contributed by atoms with van der Waals surface area (Å²) in [6, 6.07) is -0.00826. The van der Waals surface area contributed by atoms with Crippen molar-refractivity contribution in [2.45, 2.75) is 38.5 Å². The topological polar surface area (TPSA) is 54.5 Å². The van der Waals surface area contributed by atoms with E-state index in [-0.39, 0.29) is 11.9 Å². The molecule has 0 aromatic carbocycles. The molecule has 1 amide bonds. The van der Waals surface area contributed by atoms with Crippen molar-refractivity contribution in [1.82, 2.24) is 4.90 Å². The van der Waals surface area contributed by atoms with Crippen LogP contribution in [0.15, 0.2) is 0 Å². The van der Waals surface area contributed by atoms with Crippen LogP contribution in [0.4, 0.5) is 0 Å². The molecular formula is C10H20BrNO3S. The van der Waals surface area contributed by atoms with Gasteiger partial charge in [-0.15, -0.1) is 0 Å². The van der Waals surface area contributed by atoms with Crippen molar-refractivity contribution >= 4 is 31.7 Å². The summed E-state index contributed by atoms with van der Waals surface area (Å²) in [4.78, 5) is 13.7. The van der Waals surface area contributed by atoms with Crippen molar-refractivity contribution in [3.63, 3.8) is 0 Å². The van der Waals surface area contributed by atoms with Crippen molar-refractivity contribution in [2.24, 2.45) is 0 Å². The second-order valence-electron chi connectivity index (χ2n) is 4.56. The highest BCUT2D eigenvalue weighted by Crippen LogP contribution is 2.20. The quantitative estimate of drug-likeness (QED) is 0.722. The maximum Gasteiger partial charge on any atom is 0.243 e. The van der Waals surface area contributed by atoms with Gasteiger partial charge >= 0.3 is 0 Å². The average molecular weight is 314 g/mol. The number of alkyl halides is 1. The predicted octanol–water partition coefficient (Wildman–Crippen LogP) is 1.44. The molecule has 0 aliphatic heterocycles. The van der Waals surface area contributed by atoms with E-state index in [0.29, 0.717) is 11.9 Å². The van der Waals surface area contributed by atoms with Crippen molar-refractivity contribution in [1.29, 1.82) is 0 Å². The fourth-order valence-electron chi connectivity index (χ4n) is 1.19. The number of amides is 1. The molecule has 6 heteroatoms. The van der Waals surface area contributed by atoms with E-state index < -0.39 is 14.6 Å². The number of carbonyl (C=O) groups is 1. The summed E-state index contributed by atoms with van der Waals surface area (Å²) in [5, 5.41) is 0.636. The lowest BCUT2D eigenvalue weighted by molar-refractivity contribution is -0.134. The van der Waals surface area contributed by atoms with E-state index in [1.165, 1.54) is 13.8 Å². The number of halogens is 1. The van der Waals surface area contributed by atoms with Gasteiger partial charge in [-0.3, -0.25) is 4.79 Å². The minimum Gasteiger partial charge on any atom is -0.338 e. The minimum atomic E-state index is -3.40. The van der Waals surface area contributed by atoms with Crippen LogP contribution < -0.4 is 0 Å². The lowest BCUT2D eigenvalue weighted by atomic mass is 10.1. The fraction of sp³-hybridized carbons (Fsp3) is 0.900. The smallest absolute Gasteiger partial charge is 0.243 e. The number of carbonyl (C=O) groups excluding carboxylic acids is 1. The van der Waals surface area contributed by atoms with Crippen LogP contribution in [-0.4, -0.2) is 48.1 Å². The molecule has 0 heterocycles. The van der Waals surface area contributed by atoms with Crippen molar-refractivity contribution in [3.8, 4) is 0 Å². The number of nitrogens with zero attached hydrogens (tertiary/aromatic N) is 1. The molecule has 0 fully saturated rings. The van der Waals surface area contributed by atoms with E-state index in [4.69, 9.17) is 0 Å². The Morgan fingerprint density at radius 1 is 1.38 bits per heavy atom. The molecule has 0 N–H and O–H groups in total. The van der Waals surface area contributed by atoms with Gasteiger partial charge in [0.25, 0.3) is 0 Å². The summed E-state index contributed by atoms with van der Waals surface area (Å²) in [6.07, 6.45) is 1.09. The largest absolute Gasteiger partial charge is 0.338 e. The monoisotopic (exact) mass is 313 g/mol. The zero-order chi connectivity index (χ0) is 13.1. The van der Waals surface area contributed by atoms with E-state index in [1.54, 1.807) is 4.90 Å². The molecule has 0 spiro atoms. The second-order valence-corrected chi connectivity index (χ2v) is 7.92. The Bertz CT molecular complexity index is 349. The molecular weight excluding hydrogens is 294 g/mol. The molecule has 4 nitrogen and oxygen atoms in total. The maximum atomic E-state index is 12.2. The third-order valence-electron chi connectivity index (χ3n) is 2.65. The van der Waals surface area contributed by atoms with E-state index in [0.717, 1.165) is 6.26 Å². The Morgan fingerprint density at radius 2 is 1.81 bits per heavy atom. The van der Waals surface area contributed by atoms with Crippen LogP contribution >= 0.6 is 15.9 Å². The van der Waals surface area contributed by atoms with Gasteiger partial charge < -0.3 is 4.90 Å². The summed E-state index contributed by atoms with van der Waals surface area (Å²) in [7, 11) is -3.40. The summed E-state index contributed by atoms with van der Waals surface area (Å²) in [5.74, 6) is -0.343. The molecule has 16 heavy (non-hydrogen) atoms. The zero-order valence-electron chi connectivity index (χ0n) is 10.4. The highest BCUT2D eigenvalue weighted by Gasteiger charge is 2.41. The number of rotatable bonds is 5. The van der Waals surface area contributed by atoms with E-state index in [1.807, 2.05) is 13.8 Å². The Morgan fingerprint density at radius 3 is 2.06 bits per heavy atom. The lowest BCUT2D eigenvalue weighted by Crippen LogP contribution is -2.52. The van der Waals surface area contributed by atoms with Crippen LogP contribution in [0.1, 0.15) is 27.7 Å². The first kappa shape index (κ1) is 15.9. The fourth-order valence-corrected chi connectivity index (χ4v) is 2.01. The Labute approximate surface area is 106 Å². The van der Waals surface area contributed by atoms with Crippen molar-refractivity contribution in [3.05, 3.63) is 0 Å². The number of hydrogen-bond acceptors (Lipinski definition) is 3. The van der Waals surface area contributed by atoms with Gasteiger partial charge in [-0.25, -0.2) is 8.42 Å². The van der Waals surface area contributed by atoms with E-state index >= 15 is 0 Å². The average Bonchev–Trinajstić information content (AvgIpc) is 2.10. The number of hydrogen-bond donors (Lipinski definition) is 0. The lowest BCUT2D eigenvalue weighted by Gasteiger charge is -2.33. The SMILES string of the molecule is CC(C)N(CCBr)C(=O)C(C)(C)S(C)(=O)=O. The first-order valence-corrected chi connectivity index (χ1v) is 8.13. The van der Waals surface area contributed by atoms with Crippen LogP contribution in [0.3, 0.4) is 0 Å². The molecule has 0 rings (SSSR count). The molecule has 0 aromatic heterocycles. The third kappa shape index (κ3) is 3.45. The predicted molar refractivity (Wildman–Crippen MR) is 69.6 cm³/mol. The first-order valence-electron chi connectivity index (χ1n) is 5.12. The molecule has 0 unspecified atom stereocenters. The van der Waals surface area contributed by atoms with Crippen LogP contribution in [0, 0.1) is 0 Å². The Kier molecular flexibility index (Phi) is 5.46. The van der Waals surface area contributed by atoms with Gasteiger partial charge in [0.2, 0.25) is 5.91 Å². The van der Waals surface area contributed by atoms with Crippen LogP contribution in [0.5, 0.6) is 0 Å². The summed E-state index contributed by atoms with van der Waals surface area (Å²) in [5.41, 5.74) is 0. The van der Waals surface area contributed by atoms with Gasteiger partial charge in [0.15, 0.2) is 9.84 Å². The maximum absolute atomic E-state index is 12.2. The molecule has 0 bridgehead atoms. The number of sulfone groups is 1. The summed E-state index contributed by atoms with van der Waals surface area (Å²) < 4.78 is 21.8. The first-order chi connectivity index (χ1) is 7.05. The molecule has 0 saturated carbocycles. The second kappa shape index (κ2) is 5.49. The molecule has 0 aliphatic rings. The van der Waals surface area contributed by atoms with E-state index in [2.05, 4.69) is 15.9 Å². The highest BCUT2D eigenvalue weighted by atomic mass is 79.9. The van der Waals surface area contributed by atoms with Gasteiger partial charge in [0.1, 0.15) is 4.75 Å². The highest BCUT2D eigenvalue weighted by molar-refractivity contribution is 9.09. The third-order valence-corrected chi connectivity index (χ3v) is 5.03. The molecule has 0 radical (unpaired) electrons. The van der Waals surface area contributed by atoms with E-state index in [9.17, 15) is 13.2 Å². The summed E-state index contributed by atoms with van der Waals surface area (Å²) in [6.45, 7) is 7.16. The van der Waals surface area contributed by atoms with Crippen LogP contribution in [0.2, 0.25) is 0 Å². The normalized spacial score (nSPS) is 12.9. The van der Waals surface area contributed by atoms with Crippen LogP contribution in [-0.2, 0) is 14.6 Å². The summed E-state index contributed by atoms with van der Waals surface area (Å²) >= 11 is 3.26. The van der Waals surface area contributed by atoms with Gasteiger partial charge in [-0.05, 0) is 27.7 Å². The molecule has 0 aromatic rings. The standard InChI is InChI=1S/C10H20BrNO3S/c1-8(2)12(7-6-11)9(13)10(3,4)16(5,14)15/h8H,6-7H2,1-5H3. The van der Waals surface area contributed by atoms with Gasteiger partial charge in [0, 0.05) is 24.2 Å². The Balaban J connectivity index is 5.16. The van der Waals surface area contributed by atoms with Gasteiger partial charge in [0.05, 0.1) is 0 Å². The Hall–Kier alpha value is -0.100. The molecule has 96 valence electrons. The van der Waals surface area contributed by atoms with Crippen LogP contribution in [0.25, 0.3) is 0 Å². The minimum absolute atomic E-state index is 0.00826. The van der Waals surface area contributed by atoms with Gasteiger partial charge in [-0.1, -0.05) is 15.9 Å². The zero-order valence-corrected chi connectivity index (χ0v) is 12.9. The molecule has 0 aliphatic carbocycles. The van der Waals surface area contributed by atoms with Gasteiger partial charge in [-0.2, -0.15) is 0 Å². The molecule has 0 atom stereocenters. The molecule has 0 saturated heterocycles. The van der Waals surface area contributed by atoms with Crippen molar-refractivity contribution in [2.75, 3.05) is 18.1 Å². The van der Waals surface area contributed by atoms with Crippen molar-refractivity contribution < 1.29 is 13.2 Å².